The Morgan fingerprint density at radius 1 is 0.486 bits per heavy atom. The molecule has 37 heavy (non-hydrogen) atoms. The van der Waals surface area contributed by atoms with Crippen LogP contribution in [0.3, 0.4) is 0 Å². The highest BCUT2D eigenvalue weighted by Crippen LogP contribution is 2.29. The zero-order valence-corrected chi connectivity index (χ0v) is 19.9. The molecule has 0 heterocycles. The van der Waals surface area contributed by atoms with Gasteiger partial charge in [-0.1, -0.05) is 20.8 Å². The van der Waals surface area contributed by atoms with Gasteiger partial charge in [0.15, 0.2) is 0 Å². The second-order valence-electron chi connectivity index (χ2n) is 6.97. The minimum atomic E-state index is -2.55. The van der Waals surface area contributed by atoms with Crippen LogP contribution in [0.25, 0.3) is 0 Å². The maximum absolute atomic E-state index is 9.45. The number of rotatable bonds is 15. The number of nitrogens with zero attached hydrogens (tertiary/aromatic N) is 9. The maximum Gasteiger partial charge on any atom is 0.725 e. The average Bonchev–Trinajstić information content (AvgIpc) is 2.94. The summed E-state index contributed by atoms with van der Waals surface area (Å²) >= 11 is 0. The third kappa shape index (κ3) is 7.12. The van der Waals surface area contributed by atoms with Crippen LogP contribution >= 0.6 is 0 Å². The van der Waals surface area contributed by atoms with E-state index in [1.807, 2.05) is 0 Å². The van der Waals surface area contributed by atoms with Crippen molar-refractivity contribution >= 4 is 7.32 Å². The van der Waals surface area contributed by atoms with E-state index in [4.69, 9.17) is 29.1 Å². The molecule has 0 aromatic heterocycles. The molecule has 0 fully saturated rings. The highest BCUT2D eigenvalue weighted by Gasteiger charge is 2.49. The lowest BCUT2D eigenvalue weighted by Gasteiger charge is -2.27. The molecule has 0 bridgehead atoms. The molecule has 0 rings (SSSR count). The van der Waals surface area contributed by atoms with Crippen LogP contribution in [0.5, 0.6) is 0 Å². The van der Waals surface area contributed by atoms with E-state index in [1.165, 1.54) is 57.2 Å². The Morgan fingerprint density at radius 3 is 0.838 bits per heavy atom. The minimum Gasteiger partial charge on any atom is -0.226 e. The van der Waals surface area contributed by atoms with E-state index in [0.717, 1.165) is 0 Å². The summed E-state index contributed by atoms with van der Waals surface area (Å²) in [5.74, 6) is -4.07. The van der Waals surface area contributed by atoms with Crippen LogP contribution in [0, 0.1) is 120 Å². The first kappa shape index (κ1) is 32.2. The Morgan fingerprint density at radius 2 is 0.703 bits per heavy atom. The van der Waals surface area contributed by atoms with Gasteiger partial charge in [0, 0.05) is 0 Å². The molecule has 3 unspecified atom stereocenters. The lowest BCUT2D eigenvalue weighted by molar-refractivity contribution is -0.388. The predicted molar refractivity (Wildman–Crippen MR) is 112 cm³/mol. The molecule has 3 atom stereocenters. The SMILES string of the molecule is CCC(C#N)C(C#N)(C#N)OOB(OOC(C#N)(C#N)C(C#N)CC)OOC(C#N)(C#N)C(C#N)CC. The molecule has 0 aliphatic rings. The largest absolute Gasteiger partial charge is 0.725 e. The van der Waals surface area contributed by atoms with Crippen molar-refractivity contribution in [2.45, 2.75) is 56.8 Å². The zero-order chi connectivity index (χ0) is 28.5. The van der Waals surface area contributed by atoms with E-state index in [1.54, 1.807) is 18.2 Å². The van der Waals surface area contributed by atoms with Gasteiger partial charge in [-0.05, 0) is 19.3 Å². The highest BCUT2D eigenvalue weighted by molar-refractivity contribution is 6.35. The van der Waals surface area contributed by atoms with Crippen molar-refractivity contribution in [3.05, 3.63) is 0 Å². The number of hydrogen-bond acceptors (Lipinski definition) is 15. The molecule has 0 saturated carbocycles. The molecular weight excluding hydrogens is 485 g/mol. The summed E-state index contributed by atoms with van der Waals surface area (Å²) in [6, 6.07) is 13.9. The number of hydrogen-bond donors (Lipinski definition) is 0. The normalized spacial score (nSPS) is 13.1. The van der Waals surface area contributed by atoms with E-state index in [9.17, 15) is 47.4 Å². The van der Waals surface area contributed by atoms with Gasteiger partial charge in [0.1, 0.15) is 54.2 Å². The van der Waals surface area contributed by atoms with Crippen molar-refractivity contribution in [1.82, 2.24) is 0 Å². The Balaban J connectivity index is 6.27. The van der Waals surface area contributed by atoms with Crippen LogP contribution in [0.4, 0.5) is 0 Å². The molecule has 0 spiro atoms. The van der Waals surface area contributed by atoms with Gasteiger partial charge in [0.25, 0.3) is 16.8 Å². The van der Waals surface area contributed by atoms with Gasteiger partial charge in [-0.2, -0.15) is 47.4 Å². The fraction of sp³-hybridized carbons (Fsp3) is 0.571. The second kappa shape index (κ2) is 15.3. The highest BCUT2D eigenvalue weighted by atomic mass is 17.3. The molecule has 15 nitrogen and oxygen atoms in total. The lowest BCUT2D eigenvalue weighted by Crippen LogP contribution is -2.45. The topological polar surface area (TPSA) is 269 Å². The molecule has 0 aromatic carbocycles. The summed E-state index contributed by atoms with van der Waals surface area (Å²) in [5, 5.41) is 84.5. The Labute approximate surface area is 213 Å². The van der Waals surface area contributed by atoms with E-state index >= 15 is 0 Å². The van der Waals surface area contributed by atoms with E-state index in [-0.39, 0.29) is 19.3 Å². The fourth-order valence-corrected chi connectivity index (χ4v) is 2.63. The first-order valence-electron chi connectivity index (χ1n) is 10.4. The third-order valence-electron chi connectivity index (χ3n) is 4.94. The molecule has 0 radical (unpaired) electrons. The van der Waals surface area contributed by atoms with Gasteiger partial charge in [0.2, 0.25) is 0 Å². The van der Waals surface area contributed by atoms with E-state index < -0.39 is 41.9 Å². The Bertz CT molecular complexity index is 992. The molecule has 16 heteroatoms. The minimum absolute atomic E-state index is 0.0426. The Kier molecular flexibility index (Phi) is 13.3. The van der Waals surface area contributed by atoms with Crippen molar-refractivity contribution < 1.29 is 29.1 Å². The van der Waals surface area contributed by atoms with Crippen molar-refractivity contribution in [1.29, 1.82) is 47.4 Å². The van der Waals surface area contributed by atoms with Crippen LogP contribution in [-0.4, -0.2) is 24.1 Å². The van der Waals surface area contributed by atoms with Gasteiger partial charge >= 0.3 is 7.32 Å². The molecule has 0 N–H and O–H groups in total. The van der Waals surface area contributed by atoms with Crippen LogP contribution in [0.1, 0.15) is 40.0 Å². The van der Waals surface area contributed by atoms with Crippen molar-refractivity contribution in [3.8, 4) is 54.6 Å². The summed E-state index contributed by atoms with van der Waals surface area (Å²) in [7, 11) is -2.49. The number of nitriles is 9. The maximum atomic E-state index is 9.45. The summed E-state index contributed by atoms with van der Waals surface area (Å²) in [4.78, 5) is 28.7. The van der Waals surface area contributed by atoms with E-state index in [2.05, 4.69) is 0 Å². The predicted octanol–water partition coefficient (Wildman–Crippen LogP) is 1.82. The standard InChI is InChI=1S/C21H18BN9O6/c1-4-16(7-23)19(10-26,11-27)32-35-22(36-33-20(12-28,13-29)17(5-2)8-24)37-34-21(14-30,15-31)18(6-3)9-25/h16-18H,4-6H2,1-3H3. The molecular formula is C21H18BN9O6. The monoisotopic (exact) mass is 503 g/mol. The quantitative estimate of drug-likeness (QED) is 0.175. The average molecular weight is 503 g/mol. The molecule has 0 aliphatic heterocycles. The van der Waals surface area contributed by atoms with E-state index in [0.29, 0.717) is 0 Å². The summed E-state index contributed by atoms with van der Waals surface area (Å²) in [6.45, 7) is 4.41. The van der Waals surface area contributed by atoms with Gasteiger partial charge in [-0.15, -0.1) is 0 Å². The van der Waals surface area contributed by atoms with Gasteiger partial charge in [0.05, 0.1) is 18.2 Å². The molecule has 186 valence electrons. The van der Waals surface area contributed by atoms with Crippen LogP contribution in [-0.2, 0) is 29.1 Å². The first-order chi connectivity index (χ1) is 17.7. The molecule has 0 aliphatic carbocycles. The third-order valence-corrected chi connectivity index (χ3v) is 4.94. The van der Waals surface area contributed by atoms with Crippen LogP contribution in [0.2, 0.25) is 0 Å². The summed E-state index contributed by atoms with van der Waals surface area (Å²) in [5.41, 5.74) is -7.64. The molecule has 0 aromatic rings. The van der Waals surface area contributed by atoms with Crippen LogP contribution in [0.15, 0.2) is 0 Å². The van der Waals surface area contributed by atoms with Crippen molar-refractivity contribution in [2.24, 2.45) is 17.8 Å². The summed E-state index contributed by atoms with van der Waals surface area (Å²) in [6.07, 6.45) is -0.128. The summed E-state index contributed by atoms with van der Waals surface area (Å²) < 4.78 is 0. The zero-order valence-electron chi connectivity index (χ0n) is 19.9. The first-order valence-corrected chi connectivity index (χ1v) is 10.4. The lowest BCUT2D eigenvalue weighted by atomic mass is 9.89. The molecule has 0 amide bonds. The van der Waals surface area contributed by atoms with Crippen molar-refractivity contribution in [2.75, 3.05) is 0 Å². The van der Waals surface area contributed by atoms with Gasteiger partial charge in [-0.25, -0.2) is 29.1 Å². The second-order valence-corrected chi connectivity index (χ2v) is 6.97. The fourth-order valence-electron chi connectivity index (χ4n) is 2.63. The smallest absolute Gasteiger partial charge is 0.226 e. The molecule has 0 saturated heterocycles. The van der Waals surface area contributed by atoms with Gasteiger partial charge < -0.3 is 0 Å². The van der Waals surface area contributed by atoms with Crippen LogP contribution < -0.4 is 0 Å². The van der Waals surface area contributed by atoms with Gasteiger partial charge in [-0.3, -0.25) is 0 Å². The Hall–Kier alpha value is -4.77. The van der Waals surface area contributed by atoms with Crippen molar-refractivity contribution in [3.63, 3.8) is 0 Å².